The summed E-state index contributed by atoms with van der Waals surface area (Å²) in [4.78, 5) is 2.49. The monoisotopic (exact) mass is 201 g/mol. The van der Waals surface area contributed by atoms with Crippen molar-refractivity contribution in [3.63, 3.8) is 0 Å². The number of rotatable bonds is 5. The predicted molar refractivity (Wildman–Crippen MR) is 62.6 cm³/mol. The molecule has 1 saturated heterocycles. The van der Waals surface area contributed by atoms with Gasteiger partial charge in [0.15, 0.2) is 0 Å². The number of likely N-dealkylation sites (tertiary alicyclic amines) is 1. The summed E-state index contributed by atoms with van der Waals surface area (Å²) in [7, 11) is 0. The van der Waals surface area contributed by atoms with E-state index in [1.165, 1.54) is 32.2 Å². The van der Waals surface area contributed by atoms with Gasteiger partial charge in [0.25, 0.3) is 0 Å². The fraction of sp³-hybridized carbons (Fsp3) is 1.00. The van der Waals surface area contributed by atoms with Gasteiger partial charge in [-0.1, -0.05) is 33.6 Å². The van der Waals surface area contributed by atoms with Crippen molar-refractivity contribution in [1.29, 1.82) is 0 Å². The van der Waals surface area contributed by atoms with Gasteiger partial charge in [-0.15, -0.1) is 0 Å². The van der Waals surface area contributed by atoms with Gasteiger partial charge in [0.1, 0.15) is 0 Å². The minimum atomic E-state index is -0.0214. The van der Waals surface area contributed by atoms with Crippen LogP contribution in [0.2, 0.25) is 0 Å². The van der Waals surface area contributed by atoms with Crippen LogP contribution in [0.5, 0.6) is 0 Å². The lowest BCUT2D eigenvalue weighted by Gasteiger charge is -2.29. The lowest BCUT2D eigenvalue weighted by molar-refractivity contribution is 0.0818. The molecule has 0 radical (unpaired) electrons. The van der Waals surface area contributed by atoms with E-state index in [1.54, 1.807) is 0 Å². The number of hydrogen-bond donors (Lipinski definition) is 1. The predicted octanol–water partition coefficient (Wildman–Crippen LogP) is 2.66. The van der Waals surface area contributed by atoms with Crippen molar-refractivity contribution in [2.24, 2.45) is 0 Å². The molecule has 14 heavy (non-hydrogen) atoms. The highest BCUT2D eigenvalue weighted by Crippen LogP contribution is 2.11. The average Bonchev–Trinajstić information content (AvgIpc) is 2.15. The minimum absolute atomic E-state index is 0. The maximum atomic E-state index is 9.31. The van der Waals surface area contributed by atoms with Crippen molar-refractivity contribution in [3.05, 3.63) is 0 Å². The third-order valence-corrected chi connectivity index (χ3v) is 2.88. The van der Waals surface area contributed by atoms with E-state index in [2.05, 4.69) is 11.8 Å². The Kier molecular flexibility index (Phi) is 8.20. The lowest BCUT2D eigenvalue weighted by Crippen LogP contribution is -2.36. The Balaban J connectivity index is 0.00000169. The molecule has 0 aliphatic carbocycles. The van der Waals surface area contributed by atoms with Crippen LogP contribution in [0.4, 0.5) is 0 Å². The van der Waals surface area contributed by atoms with Crippen molar-refractivity contribution in [1.82, 2.24) is 4.90 Å². The molecule has 0 aromatic rings. The maximum Gasteiger partial charge on any atom is 0.0564 e. The van der Waals surface area contributed by atoms with Gasteiger partial charge in [-0.25, -0.2) is 0 Å². The van der Waals surface area contributed by atoms with Gasteiger partial charge < -0.3 is 10.0 Å². The zero-order valence-corrected chi connectivity index (χ0v) is 8.84. The molecule has 0 amide bonds. The van der Waals surface area contributed by atoms with Crippen LogP contribution >= 0.6 is 0 Å². The van der Waals surface area contributed by atoms with E-state index in [4.69, 9.17) is 0 Å². The van der Waals surface area contributed by atoms with E-state index >= 15 is 0 Å². The van der Waals surface area contributed by atoms with E-state index in [0.29, 0.717) is 0 Å². The van der Waals surface area contributed by atoms with Crippen molar-refractivity contribution in [2.75, 3.05) is 19.6 Å². The third kappa shape index (κ3) is 5.61. The zero-order chi connectivity index (χ0) is 9.52. The summed E-state index contributed by atoms with van der Waals surface area (Å²) in [5.74, 6) is 0. The normalized spacial score (nSPS) is 19.3. The first-order valence-corrected chi connectivity index (χ1v) is 5.73. The molecular weight excluding hydrogens is 174 g/mol. The highest BCUT2D eigenvalue weighted by Gasteiger charge is 2.15. The molecule has 2 nitrogen and oxygen atoms in total. The van der Waals surface area contributed by atoms with Crippen LogP contribution in [0.15, 0.2) is 0 Å². The number of aliphatic hydroxyl groups is 1. The molecule has 2 heteroatoms. The molecule has 1 heterocycles. The number of hydrogen-bond acceptors (Lipinski definition) is 2. The maximum absolute atomic E-state index is 9.31. The standard InChI is InChI=1S/C11H23NO.CH4/c1-2-3-4-5-8-12-9-6-11(13)7-10-12;/h11,13H,2-10H2,1H3;1H4. The number of unbranched alkanes of at least 4 members (excludes halogenated alkanes) is 3. The zero-order valence-electron chi connectivity index (χ0n) is 8.84. The summed E-state index contributed by atoms with van der Waals surface area (Å²) in [6.45, 7) is 5.70. The van der Waals surface area contributed by atoms with Gasteiger partial charge in [0.2, 0.25) is 0 Å². The minimum Gasteiger partial charge on any atom is -0.393 e. The Morgan fingerprint density at radius 3 is 2.36 bits per heavy atom. The van der Waals surface area contributed by atoms with Crippen LogP contribution in [0, 0.1) is 0 Å². The quantitative estimate of drug-likeness (QED) is 0.691. The van der Waals surface area contributed by atoms with E-state index in [0.717, 1.165) is 25.9 Å². The van der Waals surface area contributed by atoms with Crippen LogP contribution in [0.25, 0.3) is 0 Å². The van der Waals surface area contributed by atoms with Crippen LogP contribution in [-0.2, 0) is 0 Å². The molecule has 1 fully saturated rings. The highest BCUT2D eigenvalue weighted by atomic mass is 16.3. The summed E-state index contributed by atoms with van der Waals surface area (Å²) >= 11 is 0. The SMILES string of the molecule is C.CCCCCCN1CCC(O)CC1. The number of aliphatic hydroxyl groups excluding tert-OH is 1. The van der Waals surface area contributed by atoms with Crippen LogP contribution < -0.4 is 0 Å². The summed E-state index contributed by atoms with van der Waals surface area (Å²) < 4.78 is 0. The molecule has 0 bridgehead atoms. The fourth-order valence-electron chi connectivity index (χ4n) is 1.91. The third-order valence-electron chi connectivity index (χ3n) is 2.88. The fourth-order valence-corrected chi connectivity index (χ4v) is 1.91. The van der Waals surface area contributed by atoms with Crippen molar-refractivity contribution in [2.45, 2.75) is 59.0 Å². The van der Waals surface area contributed by atoms with Gasteiger partial charge in [0.05, 0.1) is 6.10 Å². The largest absolute Gasteiger partial charge is 0.393 e. The highest BCUT2D eigenvalue weighted by molar-refractivity contribution is 4.70. The summed E-state index contributed by atoms with van der Waals surface area (Å²) in [6, 6.07) is 0. The second-order valence-corrected chi connectivity index (χ2v) is 4.13. The van der Waals surface area contributed by atoms with Gasteiger partial charge in [-0.2, -0.15) is 0 Å². The molecule has 0 atom stereocenters. The van der Waals surface area contributed by atoms with Gasteiger partial charge in [0, 0.05) is 13.1 Å². The first-order chi connectivity index (χ1) is 6.33. The van der Waals surface area contributed by atoms with Crippen LogP contribution in [0.3, 0.4) is 0 Å². The number of piperidine rings is 1. The smallest absolute Gasteiger partial charge is 0.0564 e. The second kappa shape index (κ2) is 8.25. The average molecular weight is 201 g/mol. The van der Waals surface area contributed by atoms with Gasteiger partial charge in [-0.3, -0.25) is 0 Å². The molecular formula is C12H27NO. The summed E-state index contributed by atoms with van der Waals surface area (Å²) in [5.41, 5.74) is 0. The number of nitrogens with zero attached hydrogens (tertiary/aromatic N) is 1. The Labute approximate surface area is 89.3 Å². The van der Waals surface area contributed by atoms with E-state index < -0.39 is 0 Å². The van der Waals surface area contributed by atoms with Crippen LogP contribution in [-0.4, -0.2) is 35.7 Å². The van der Waals surface area contributed by atoms with Crippen molar-refractivity contribution >= 4 is 0 Å². The van der Waals surface area contributed by atoms with Crippen LogP contribution in [0.1, 0.15) is 52.9 Å². The second-order valence-electron chi connectivity index (χ2n) is 4.13. The summed E-state index contributed by atoms with van der Waals surface area (Å²) in [6.07, 6.45) is 7.34. The molecule has 86 valence electrons. The molecule has 0 aromatic heterocycles. The Bertz CT molecular complexity index is 119. The van der Waals surface area contributed by atoms with Crippen molar-refractivity contribution < 1.29 is 5.11 Å². The Morgan fingerprint density at radius 1 is 1.14 bits per heavy atom. The molecule has 1 N–H and O–H groups in total. The molecule has 1 aliphatic heterocycles. The molecule has 0 spiro atoms. The molecule has 1 aliphatic rings. The Hall–Kier alpha value is -0.0800. The first kappa shape index (κ1) is 13.9. The molecule has 0 unspecified atom stereocenters. The van der Waals surface area contributed by atoms with Gasteiger partial charge in [-0.05, 0) is 25.8 Å². The van der Waals surface area contributed by atoms with E-state index in [1.807, 2.05) is 0 Å². The lowest BCUT2D eigenvalue weighted by atomic mass is 10.1. The Morgan fingerprint density at radius 2 is 1.79 bits per heavy atom. The van der Waals surface area contributed by atoms with Gasteiger partial charge >= 0.3 is 0 Å². The topological polar surface area (TPSA) is 23.5 Å². The first-order valence-electron chi connectivity index (χ1n) is 5.73. The van der Waals surface area contributed by atoms with Crippen molar-refractivity contribution in [3.8, 4) is 0 Å². The van der Waals surface area contributed by atoms with E-state index in [-0.39, 0.29) is 13.5 Å². The summed E-state index contributed by atoms with van der Waals surface area (Å²) in [5, 5.41) is 9.31. The molecule has 0 aromatic carbocycles. The van der Waals surface area contributed by atoms with E-state index in [9.17, 15) is 5.11 Å². The molecule has 1 rings (SSSR count). The molecule has 0 saturated carbocycles.